The molecule has 20 heavy (non-hydrogen) atoms. The van der Waals surface area contributed by atoms with Gasteiger partial charge in [0, 0.05) is 13.7 Å². The Morgan fingerprint density at radius 2 is 2.05 bits per heavy atom. The number of hydrogen-bond acceptors (Lipinski definition) is 5. The highest BCUT2D eigenvalue weighted by atomic mass is 16.5. The molecule has 0 aliphatic carbocycles. The topological polar surface area (TPSA) is 59.8 Å². The van der Waals surface area contributed by atoms with Crippen molar-refractivity contribution in [1.29, 1.82) is 0 Å². The summed E-state index contributed by atoms with van der Waals surface area (Å²) in [4.78, 5) is 2.07. The van der Waals surface area contributed by atoms with Gasteiger partial charge >= 0.3 is 0 Å². The van der Waals surface area contributed by atoms with Crippen LogP contribution in [0.15, 0.2) is 6.20 Å². The van der Waals surface area contributed by atoms with Gasteiger partial charge in [-0.2, -0.15) is 5.10 Å². The van der Waals surface area contributed by atoms with Crippen molar-refractivity contribution >= 4 is 0 Å². The predicted molar refractivity (Wildman–Crippen MR) is 77.9 cm³/mol. The van der Waals surface area contributed by atoms with Gasteiger partial charge in [0.1, 0.15) is 11.3 Å². The summed E-state index contributed by atoms with van der Waals surface area (Å²) >= 11 is 0. The molecule has 0 aliphatic rings. The maximum Gasteiger partial charge on any atom is 0.163 e. The fraction of sp³-hybridized carbons (Fsp3) is 0.786. The number of nitrogens with zero attached hydrogens (tertiary/aromatic N) is 3. The van der Waals surface area contributed by atoms with E-state index in [9.17, 15) is 5.11 Å². The standard InChI is InChI=1S/C14H27N3O3/c1-11(2)14(18,10-19-5)13-12(20-6)9-15-17(13)8-7-16(3)4/h9,11,18H,7-8,10H2,1-6H3. The molecule has 0 aliphatic heterocycles. The Morgan fingerprint density at radius 3 is 2.50 bits per heavy atom. The number of aliphatic hydroxyl groups is 1. The summed E-state index contributed by atoms with van der Waals surface area (Å²) < 4.78 is 12.4. The zero-order valence-electron chi connectivity index (χ0n) is 13.4. The molecule has 1 N–H and O–H groups in total. The van der Waals surface area contributed by atoms with Crippen molar-refractivity contribution in [1.82, 2.24) is 14.7 Å². The van der Waals surface area contributed by atoms with Crippen LogP contribution in [-0.2, 0) is 16.9 Å². The largest absolute Gasteiger partial charge is 0.493 e. The second-order valence-electron chi connectivity index (χ2n) is 5.60. The Morgan fingerprint density at radius 1 is 1.40 bits per heavy atom. The molecule has 0 saturated carbocycles. The SMILES string of the molecule is COCC(O)(c1c(OC)cnn1CCN(C)C)C(C)C. The minimum atomic E-state index is -1.12. The fourth-order valence-corrected chi connectivity index (χ4v) is 2.15. The lowest BCUT2D eigenvalue weighted by Gasteiger charge is -2.32. The van der Waals surface area contributed by atoms with Gasteiger partial charge in [-0.1, -0.05) is 13.8 Å². The lowest BCUT2D eigenvalue weighted by molar-refractivity contribution is -0.0774. The Labute approximate surface area is 121 Å². The molecule has 0 bridgehead atoms. The van der Waals surface area contributed by atoms with Crippen LogP contribution in [0.5, 0.6) is 5.75 Å². The van der Waals surface area contributed by atoms with Gasteiger partial charge in [-0.15, -0.1) is 0 Å². The van der Waals surface area contributed by atoms with Crippen LogP contribution in [0.3, 0.4) is 0 Å². The highest BCUT2D eigenvalue weighted by molar-refractivity contribution is 5.31. The lowest BCUT2D eigenvalue weighted by Crippen LogP contribution is -2.40. The van der Waals surface area contributed by atoms with Crippen molar-refractivity contribution in [3.8, 4) is 5.75 Å². The van der Waals surface area contributed by atoms with Gasteiger partial charge in [-0.25, -0.2) is 0 Å². The molecule has 1 atom stereocenters. The highest BCUT2D eigenvalue weighted by Gasteiger charge is 2.39. The first kappa shape index (κ1) is 16.9. The van der Waals surface area contributed by atoms with Crippen molar-refractivity contribution in [2.45, 2.75) is 26.0 Å². The zero-order valence-corrected chi connectivity index (χ0v) is 13.4. The summed E-state index contributed by atoms with van der Waals surface area (Å²) in [5, 5.41) is 15.4. The number of methoxy groups -OCH3 is 2. The Bertz CT molecular complexity index is 418. The summed E-state index contributed by atoms with van der Waals surface area (Å²) in [6.07, 6.45) is 1.65. The van der Waals surface area contributed by atoms with Crippen LogP contribution < -0.4 is 4.74 Å². The number of likely N-dealkylation sites (N-methyl/N-ethyl adjacent to an activating group) is 1. The van der Waals surface area contributed by atoms with Crippen molar-refractivity contribution in [2.75, 3.05) is 41.5 Å². The molecular weight excluding hydrogens is 258 g/mol. The summed E-state index contributed by atoms with van der Waals surface area (Å²) in [5.41, 5.74) is -0.443. The summed E-state index contributed by atoms with van der Waals surface area (Å²) in [5.74, 6) is 0.572. The third kappa shape index (κ3) is 3.50. The molecule has 6 nitrogen and oxygen atoms in total. The summed E-state index contributed by atoms with van der Waals surface area (Å²) in [6, 6.07) is 0. The second kappa shape index (κ2) is 7.06. The zero-order chi connectivity index (χ0) is 15.3. The molecule has 1 rings (SSSR count). The lowest BCUT2D eigenvalue weighted by atomic mass is 9.87. The first-order chi connectivity index (χ1) is 9.36. The van der Waals surface area contributed by atoms with Crippen molar-refractivity contribution in [2.24, 2.45) is 5.92 Å². The third-order valence-corrected chi connectivity index (χ3v) is 3.51. The number of hydrogen-bond donors (Lipinski definition) is 1. The van der Waals surface area contributed by atoms with Gasteiger partial charge in [0.05, 0.1) is 26.5 Å². The van der Waals surface area contributed by atoms with E-state index in [0.717, 1.165) is 6.54 Å². The predicted octanol–water partition coefficient (Wildman–Crippen LogP) is 0.943. The molecule has 0 fully saturated rings. The average Bonchev–Trinajstić information content (AvgIpc) is 2.79. The van der Waals surface area contributed by atoms with Gasteiger partial charge in [0.25, 0.3) is 0 Å². The van der Waals surface area contributed by atoms with Crippen LogP contribution in [0.1, 0.15) is 19.5 Å². The fourth-order valence-electron chi connectivity index (χ4n) is 2.15. The molecule has 1 heterocycles. The number of rotatable bonds is 8. The van der Waals surface area contributed by atoms with E-state index in [0.29, 0.717) is 18.0 Å². The van der Waals surface area contributed by atoms with Crippen LogP contribution in [0.2, 0.25) is 0 Å². The molecule has 1 unspecified atom stereocenters. The maximum absolute atomic E-state index is 11.0. The van der Waals surface area contributed by atoms with Gasteiger partial charge in [-0.3, -0.25) is 4.68 Å². The van der Waals surface area contributed by atoms with Gasteiger partial charge in [-0.05, 0) is 20.0 Å². The van der Waals surface area contributed by atoms with E-state index in [1.807, 2.05) is 27.9 Å². The molecule has 0 radical (unpaired) electrons. The van der Waals surface area contributed by atoms with Crippen LogP contribution in [0.25, 0.3) is 0 Å². The minimum absolute atomic E-state index is 0.0221. The normalized spacial score (nSPS) is 14.8. The molecule has 0 aromatic carbocycles. The van der Waals surface area contributed by atoms with E-state index in [1.54, 1.807) is 25.1 Å². The molecule has 0 spiro atoms. The number of ether oxygens (including phenoxy) is 2. The summed E-state index contributed by atoms with van der Waals surface area (Å²) in [6.45, 7) is 5.64. The Kier molecular flexibility index (Phi) is 5.98. The van der Waals surface area contributed by atoms with Crippen LogP contribution in [0, 0.1) is 5.92 Å². The highest BCUT2D eigenvalue weighted by Crippen LogP contribution is 2.36. The minimum Gasteiger partial charge on any atom is -0.493 e. The van der Waals surface area contributed by atoms with E-state index < -0.39 is 5.60 Å². The number of aromatic nitrogens is 2. The second-order valence-corrected chi connectivity index (χ2v) is 5.60. The molecule has 6 heteroatoms. The summed E-state index contributed by atoms with van der Waals surface area (Å²) in [7, 11) is 7.18. The van der Waals surface area contributed by atoms with E-state index in [1.165, 1.54) is 0 Å². The first-order valence-electron chi connectivity index (χ1n) is 6.83. The van der Waals surface area contributed by atoms with Crippen molar-refractivity contribution in [3.05, 3.63) is 11.9 Å². The van der Waals surface area contributed by atoms with Crippen LogP contribution in [-0.4, -0.2) is 61.3 Å². The maximum atomic E-state index is 11.0. The van der Waals surface area contributed by atoms with E-state index >= 15 is 0 Å². The molecule has 0 amide bonds. The van der Waals surface area contributed by atoms with E-state index in [2.05, 4.69) is 10.00 Å². The van der Waals surface area contributed by atoms with Gasteiger partial charge in [0.2, 0.25) is 0 Å². The molecule has 116 valence electrons. The Hall–Kier alpha value is -1.11. The molecule has 1 aromatic heterocycles. The quantitative estimate of drug-likeness (QED) is 0.770. The van der Waals surface area contributed by atoms with E-state index in [-0.39, 0.29) is 12.5 Å². The van der Waals surface area contributed by atoms with Crippen molar-refractivity contribution in [3.63, 3.8) is 0 Å². The van der Waals surface area contributed by atoms with Crippen molar-refractivity contribution < 1.29 is 14.6 Å². The molecule has 0 saturated heterocycles. The average molecular weight is 285 g/mol. The molecule has 1 aromatic rings. The van der Waals surface area contributed by atoms with Gasteiger partial charge < -0.3 is 19.5 Å². The smallest absolute Gasteiger partial charge is 0.163 e. The third-order valence-electron chi connectivity index (χ3n) is 3.51. The first-order valence-corrected chi connectivity index (χ1v) is 6.83. The van der Waals surface area contributed by atoms with Crippen LogP contribution >= 0.6 is 0 Å². The van der Waals surface area contributed by atoms with E-state index in [4.69, 9.17) is 9.47 Å². The Balaban J connectivity index is 3.20. The van der Waals surface area contributed by atoms with Crippen LogP contribution in [0.4, 0.5) is 0 Å². The van der Waals surface area contributed by atoms with Gasteiger partial charge in [0.15, 0.2) is 5.75 Å². The molecular formula is C14H27N3O3. The monoisotopic (exact) mass is 285 g/mol.